The minimum Gasteiger partial charge on any atom is -0.458 e. The highest BCUT2D eigenvalue weighted by atomic mass is 33.1. The summed E-state index contributed by atoms with van der Waals surface area (Å²) in [5.74, 6) is -0.104. The normalized spacial score (nSPS) is 14.2. The van der Waals surface area contributed by atoms with E-state index in [-0.39, 0.29) is 17.3 Å². The van der Waals surface area contributed by atoms with Gasteiger partial charge in [0.15, 0.2) is 0 Å². The second kappa shape index (κ2) is 10.4. The van der Waals surface area contributed by atoms with E-state index in [0.29, 0.717) is 5.75 Å². The number of carbonyl (C=O) groups is 2. The van der Waals surface area contributed by atoms with E-state index in [2.05, 4.69) is 50.4 Å². The Bertz CT molecular complexity index is 949. The molecule has 1 atom stereocenters. The first-order chi connectivity index (χ1) is 15.4. The van der Waals surface area contributed by atoms with Crippen LogP contribution in [0.1, 0.15) is 58.6 Å². The third-order valence-corrected chi connectivity index (χ3v) is 8.22. The monoisotopic (exact) mass is 487 g/mol. The van der Waals surface area contributed by atoms with Crippen molar-refractivity contribution in [1.29, 1.82) is 0 Å². The summed E-state index contributed by atoms with van der Waals surface area (Å²) < 4.78 is 11.2. The van der Waals surface area contributed by atoms with Gasteiger partial charge in [0.1, 0.15) is 18.2 Å². The molecule has 0 unspecified atom stereocenters. The lowest BCUT2D eigenvalue weighted by Crippen LogP contribution is -2.46. The maximum Gasteiger partial charge on any atom is 0.407 e. The average molecular weight is 488 g/mol. The number of hydrogen-bond acceptors (Lipinski definition) is 6. The minimum atomic E-state index is -0.792. The minimum absolute atomic E-state index is 0.0334. The Morgan fingerprint density at radius 1 is 0.939 bits per heavy atom. The maximum absolute atomic E-state index is 12.7. The fraction of sp³-hybridized carbons (Fsp3) is 0.462. The number of rotatable bonds is 7. The summed E-state index contributed by atoms with van der Waals surface area (Å²) in [7, 11) is 3.19. The standard InChI is InChI=1S/C26H33NO4S2/c1-25(2,3)31-23(28)22(16-32-33-26(4,5)6)27-24(29)30-15-21-19-13-9-7-11-17(19)18-12-8-10-14-20(18)21/h7-14,21-22H,15-16H2,1-6H3,(H,27,29)/t22-/m0/s1. The molecular formula is C26H33NO4S2. The van der Waals surface area contributed by atoms with Crippen molar-refractivity contribution in [3.05, 3.63) is 59.7 Å². The van der Waals surface area contributed by atoms with E-state index < -0.39 is 23.7 Å². The molecule has 3 rings (SSSR count). The number of fused-ring (bicyclic) bond motifs is 3. The van der Waals surface area contributed by atoms with Gasteiger partial charge in [0, 0.05) is 16.4 Å². The molecule has 0 saturated heterocycles. The number of benzene rings is 2. The highest BCUT2D eigenvalue weighted by Gasteiger charge is 2.31. The summed E-state index contributed by atoms with van der Waals surface area (Å²) in [6.07, 6.45) is -0.617. The summed E-state index contributed by atoms with van der Waals surface area (Å²) in [5, 5.41) is 2.73. The van der Waals surface area contributed by atoms with Gasteiger partial charge in [-0.05, 0) is 43.0 Å². The van der Waals surface area contributed by atoms with Gasteiger partial charge in [-0.3, -0.25) is 0 Å². The highest BCUT2D eigenvalue weighted by Crippen LogP contribution is 2.44. The van der Waals surface area contributed by atoms with Crippen LogP contribution >= 0.6 is 21.6 Å². The van der Waals surface area contributed by atoms with Crippen LogP contribution in [0.4, 0.5) is 4.79 Å². The molecule has 2 aromatic carbocycles. The topological polar surface area (TPSA) is 64.6 Å². The molecule has 0 bridgehead atoms. The maximum atomic E-state index is 12.7. The van der Waals surface area contributed by atoms with Gasteiger partial charge in [0.05, 0.1) is 0 Å². The van der Waals surface area contributed by atoms with E-state index >= 15 is 0 Å². The van der Waals surface area contributed by atoms with Crippen LogP contribution < -0.4 is 5.32 Å². The first-order valence-electron chi connectivity index (χ1n) is 11.1. The molecule has 0 fully saturated rings. The zero-order chi connectivity index (χ0) is 24.2. The predicted molar refractivity (Wildman–Crippen MR) is 138 cm³/mol. The van der Waals surface area contributed by atoms with Crippen LogP contribution in [0.5, 0.6) is 0 Å². The van der Waals surface area contributed by atoms with Crippen LogP contribution in [0.3, 0.4) is 0 Å². The highest BCUT2D eigenvalue weighted by molar-refractivity contribution is 8.77. The molecule has 1 amide bonds. The van der Waals surface area contributed by atoms with E-state index in [4.69, 9.17) is 9.47 Å². The first kappa shape index (κ1) is 25.5. The van der Waals surface area contributed by atoms with Gasteiger partial charge in [-0.2, -0.15) is 0 Å². The number of alkyl carbamates (subject to hydrolysis) is 1. The van der Waals surface area contributed by atoms with E-state index in [0.717, 1.165) is 11.1 Å². The van der Waals surface area contributed by atoms with Crippen molar-refractivity contribution in [2.24, 2.45) is 0 Å². The number of esters is 1. The van der Waals surface area contributed by atoms with Crippen molar-refractivity contribution in [3.8, 4) is 11.1 Å². The zero-order valence-electron chi connectivity index (χ0n) is 20.1. The molecule has 1 N–H and O–H groups in total. The van der Waals surface area contributed by atoms with Crippen molar-refractivity contribution in [2.45, 2.75) is 63.9 Å². The number of nitrogens with one attached hydrogen (secondary N) is 1. The number of amides is 1. The van der Waals surface area contributed by atoms with E-state index in [1.54, 1.807) is 10.8 Å². The second-order valence-electron chi connectivity index (χ2n) is 10.0. The molecular weight excluding hydrogens is 454 g/mol. The fourth-order valence-electron chi connectivity index (χ4n) is 3.60. The SMILES string of the molecule is CC(C)(C)OC(=O)[C@H](CSSC(C)(C)C)NC(=O)OCC1c2ccccc2-c2ccccc21. The summed E-state index contributed by atoms with van der Waals surface area (Å²) in [6.45, 7) is 11.9. The molecule has 33 heavy (non-hydrogen) atoms. The molecule has 0 aromatic heterocycles. The Morgan fingerprint density at radius 3 is 2.00 bits per heavy atom. The quantitative estimate of drug-likeness (QED) is 0.359. The molecule has 0 saturated carbocycles. The van der Waals surface area contributed by atoms with Gasteiger partial charge in [-0.25, -0.2) is 9.59 Å². The average Bonchev–Trinajstić information content (AvgIpc) is 3.03. The van der Waals surface area contributed by atoms with Crippen LogP contribution in [0, 0.1) is 0 Å². The molecule has 1 aliphatic carbocycles. The zero-order valence-corrected chi connectivity index (χ0v) is 21.8. The third-order valence-electron chi connectivity index (χ3n) is 4.87. The lowest BCUT2D eigenvalue weighted by molar-refractivity contribution is -0.156. The first-order valence-corrected chi connectivity index (χ1v) is 13.4. The summed E-state index contributed by atoms with van der Waals surface area (Å²) in [4.78, 5) is 25.4. The van der Waals surface area contributed by atoms with Crippen molar-refractivity contribution < 1.29 is 19.1 Å². The molecule has 0 heterocycles. The Labute approximate surface area is 204 Å². The van der Waals surface area contributed by atoms with E-state index in [1.807, 2.05) is 45.0 Å². The molecule has 0 aliphatic heterocycles. The molecule has 0 radical (unpaired) electrons. The van der Waals surface area contributed by atoms with Gasteiger partial charge < -0.3 is 14.8 Å². The summed E-state index contributed by atoms with van der Waals surface area (Å²) in [5.41, 5.74) is 3.99. The van der Waals surface area contributed by atoms with Crippen LogP contribution in [0.25, 0.3) is 11.1 Å². The van der Waals surface area contributed by atoms with Crippen LogP contribution in [0.2, 0.25) is 0 Å². The molecule has 5 nitrogen and oxygen atoms in total. The van der Waals surface area contributed by atoms with Crippen LogP contribution in [0.15, 0.2) is 48.5 Å². The van der Waals surface area contributed by atoms with Crippen LogP contribution in [-0.4, -0.2) is 40.8 Å². The second-order valence-corrected chi connectivity index (χ2v) is 13.2. The van der Waals surface area contributed by atoms with Crippen molar-refractivity contribution >= 4 is 33.7 Å². The van der Waals surface area contributed by atoms with Crippen LogP contribution in [-0.2, 0) is 14.3 Å². The van der Waals surface area contributed by atoms with E-state index in [1.165, 1.54) is 21.9 Å². The van der Waals surface area contributed by atoms with Crippen molar-refractivity contribution in [3.63, 3.8) is 0 Å². The molecule has 0 spiro atoms. The van der Waals surface area contributed by atoms with Gasteiger partial charge >= 0.3 is 12.1 Å². The Balaban J connectivity index is 1.65. The summed E-state index contributed by atoms with van der Waals surface area (Å²) >= 11 is 0. The van der Waals surface area contributed by atoms with Gasteiger partial charge in [0.25, 0.3) is 0 Å². The van der Waals surface area contributed by atoms with Gasteiger partial charge in [0.2, 0.25) is 0 Å². The Hall–Kier alpha value is -2.12. The number of ether oxygens (including phenoxy) is 2. The summed E-state index contributed by atoms with van der Waals surface area (Å²) in [6, 6.07) is 15.6. The lowest BCUT2D eigenvalue weighted by Gasteiger charge is -2.25. The molecule has 2 aromatic rings. The molecule has 7 heteroatoms. The lowest BCUT2D eigenvalue weighted by atomic mass is 9.98. The largest absolute Gasteiger partial charge is 0.458 e. The predicted octanol–water partition coefficient (Wildman–Crippen LogP) is 6.42. The fourth-order valence-corrected chi connectivity index (χ4v) is 6.05. The van der Waals surface area contributed by atoms with E-state index in [9.17, 15) is 9.59 Å². The third kappa shape index (κ3) is 7.18. The Kier molecular flexibility index (Phi) is 8.06. The van der Waals surface area contributed by atoms with Crippen molar-refractivity contribution in [2.75, 3.05) is 12.4 Å². The number of carbonyl (C=O) groups excluding carboxylic acids is 2. The smallest absolute Gasteiger partial charge is 0.407 e. The van der Waals surface area contributed by atoms with Gasteiger partial charge in [-0.15, -0.1) is 0 Å². The van der Waals surface area contributed by atoms with Crippen molar-refractivity contribution in [1.82, 2.24) is 5.32 Å². The number of hydrogen-bond donors (Lipinski definition) is 1. The van der Waals surface area contributed by atoms with Gasteiger partial charge in [-0.1, -0.05) is 90.9 Å². The molecule has 178 valence electrons. The molecule has 1 aliphatic rings. The Morgan fingerprint density at radius 2 is 1.48 bits per heavy atom.